The molecule has 11 heteroatoms. The van der Waals surface area contributed by atoms with Crippen molar-refractivity contribution in [2.45, 2.75) is 12.8 Å². The van der Waals surface area contributed by atoms with Crippen LogP contribution >= 0.6 is 0 Å². The summed E-state index contributed by atoms with van der Waals surface area (Å²) in [6, 6.07) is 0. The van der Waals surface area contributed by atoms with Crippen molar-refractivity contribution < 1.29 is 35.1 Å². The normalized spacial score (nSPS) is 11.5. The van der Waals surface area contributed by atoms with Crippen LogP contribution in [0.4, 0.5) is 0 Å². The van der Waals surface area contributed by atoms with Gasteiger partial charge in [-0.1, -0.05) is 6.58 Å². The molecule has 0 aliphatic carbocycles. The molecule has 0 atom stereocenters. The quantitative estimate of drug-likeness (QED) is 0.366. The Bertz CT molecular complexity index is 595. The summed E-state index contributed by atoms with van der Waals surface area (Å²) in [5.41, 5.74) is 0. The third-order valence-electron chi connectivity index (χ3n) is 1.81. The predicted molar refractivity (Wildman–Crippen MR) is 64.4 cm³/mol. The number of H-pyrrole nitrogens is 1. The molecule has 0 aliphatic heterocycles. The summed E-state index contributed by atoms with van der Waals surface area (Å²) in [7, 11) is -8.76. The maximum absolute atomic E-state index is 10.4. The van der Waals surface area contributed by atoms with E-state index in [-0.39, 0.29) is 5.75 Å². The van der Waals surface area contributed by atoms with Crippen LogP contribution < -0.4 is 4.57 Å². The van der Waals surface area contributed by atoms with E-state index in [1.165, 1.54) is 0 Å². The smallest absolute Gasteiger partial charge is 0.264 e. The van der Waals surface area contributed by atoms with E-state index in [4.69, 9.17) is 22.1 Å². The van der Waals surface area contributed by atoms with Crippen molar-refractivity contribution >= 4 is 26.7 Å². The topological polar surface area (TPSA) is 151 Å². The van der Waals surface area contributed by atoms with E-state index >= 15 is 0 Å². The van der Waals surface area contributed by atoms with Gasteiger partial charge in [-0.3, -0.25) is 9.11 Å². The molecular formula is C8H14N2O7S2. The Kier molecular flexibility index (Phi) is 6.86. The fraction of sp³-hybridized carbons (Fsp3) is 0.375. The van der Waals surface area contributed by atoms with Crippen LogP contribution in [0.5, 0.6) is 0 Å². The third kappa shape index (κ3) is 11.5. The number of hydrogen-bond acceptors (Lipinski definition) is 5. The second kappa shape index (κ2) is 7.35. The molecule has 0 saturated carbocycles. The number of aromatic nitrogens is 2. The van der Waals surface area contributed by atoms with Gasteiger partial charge in [-0.15, -0.1) is 0 Å². The van der Waals surface area contributed by atoms with Gasteiger partial charge in [0.2, 0.25) is 10.4 Å². The lowest BCUT2D eigenvalue weighted by Gasteiger charge is -1.95. The van der Waals surface area contributed by atoms with Crippen molar-refractivity contribution in [1.29, 1.82) is 0 Å². The molecule has 19 heavy (non-hydrogen) atoms. The van der Waals surface area contributed by atoms with Gasteiger partial charge >= 0.3 is 0 Å². The molecule has 0 radical (unpaired) electrons. The maximum Gasteiger partial charge on any atom is 0.264 e. The van der Waals surface area contributed by atoms with E-state index in [0.717, 1.165) is 5.82 Å². The van der Waals surface area contributed by atoms with Gasteiger partial charge in [-0.2, -0.15) is 8.42 Å². The molecule has 0 fully saturated rings. The molecule has 0 bridgehead atoms. The van der Waals surface area contributed by atoms with Crippen LogP contribution in [-0.2, 0) is 26.9 Å². The van der Waals surface area contributed by atoms with E-state index in [0.29, 0.717) is 12.8 Å². The highest BCUT2D eigenvalue weighted by Gasteiger charge is 2.10. The zero-order valence-corrected chi connectivity index (χ0v) is 11.4. The number of hydrogen-bond donors (Lipinski definition) is 3. The summed E-state index contributed by atoms with van der Waals surface area (Å²) < 4.78 is 64.0. The Morgan fingerprint density at radius 1 is 1.37 bits per heavy atom. The lowest BCUT2D eigenvalue weighted by Crippen LogP contribution is -2.28. The lowest BCUT2D eigenvalue weighted by molar-refractivity contribution is -0.575. The molecule has 0 aliphatic rings. The lowest BCUT2D eigenvalue weighted by atomic mass is 10.3. The summed E-state index contributed by atoms with van der Waals surface area (Å²) in [5, 5.41) is 0. The average Bonchev–Trinajstić information content (AvgIpc) is 2.60. The fourth-order valence-corrected chi connectivity index (χ4v) is 1.68. The molecule has 0 unspecified atom stereocenters. The Balaban J connectivity index is 0.000000555. The molecule has 1 rings (SSSR count). The highest BCUT2D eigenvalue weighted by Crippen LogP contribution is 1.96. The number of rotatable bonds is 5. The SMILES string of the molecule is C=C[n+]1cc[nH]c1CCCS(=O)(=O)O.O=S(=O)([O-])O. The molecule has 9 nitrogen and oxygen atoms in total. The van der Waals surface area contributed by atoms with Gasteiger partial charge in [0.25, 0.3) is 15.9 Å². The molecule has 0 aromatic carbocycles. The monoisotopic (exact) mass is 314 g/mol. The van der Waals surface area contributed by atoms with Crippen LogP contribution in [-0.4, -0.2) is 41.2 Å². The summed E-state index contributed by atoms with van der Waals surface area (Å²) in [4.78, 5) is 2.96. The Hall–Kier alpha value is -1.27. The largest absolute Gasteiger partial charge is 0.726 e. The summed E-state index contributed by atoms with van der Waals surface area (Å²) in [5.74, 6) is 0.645. The zero-order valence-electron chi connectivity index (χ0n) is 9.76. The van der Waals surface area contributed by atoms with E-state index < -0.39 is 20.5 Å². The molecule has 1 aromatic heterocycles. The number of imidazole rings is 1. The van der Waals surface area contributed by atoms with Crippen LogP contribution in [0.1, 0.15) is 12.2 Å². The van der Waals surface area contributed by atoms with Crippen LogP contribution in [0.15, 0.2) is 19.0 Å². The number of nitrogens with zero attached hydrogens (tertiary/aromatic N) is 1. The Morgan fingerprint density at radius 2 is 1.89 bits per heavy atom. The number of nitrogens with one attached hydrogen (secondary N) is 1. The van der Waals surface area contributed by atoms with Gasteiger partial charge < -0.3 is 4.55 Å². The number of aryl methyl sites for hydroxylation is 1. The first kappa shape index (κ1) is 17.7. The second-order valence-electron chi connectivity index (χ2n) is 3.31. The summed E-state index contributed by atoms with van der Waals surface area (Å²) >= 11 is 0. The zero-order chi connectivity index (χ0) is 15.1. The molecule has 3 N–H and O–H groups in total. The first-order valence-corrected chi connectivity index (χ1v) is 7.84. The van der Waals surface area contributed by atoms with Crippen molar-refractivity contribution in [3.63, 3.8) is 0 Å². The summed E-state index contributed by atoms with van der Waals surface area (Å²) in [6.45, 7) is 3.60. The van der Waals surface area contributed by atoms with E-state index in [1.54, 1.807) is 23.2 Å². The van der Waals surface area contributed by atoms with Crippen molar-refractivity contribution in [2.75, 3.05) is 5.75 Å². The Morgan fingerprint density at radius 3 is 2.32 bits per heavy atom. The minimum Gasteiger partial charge on any atom is -0.726 e. The average molecular weight is 314 g/mol. The van der Waals surface area contributed by atoms with Crippen molar-refractivity contribution in [3.05, 3.63) is 24.8 Å². The molecule has 0 saturated heterocycles. The van der Waals surface area contributed by atoms with Gasteiger partial charge in [0.1, 0.15) is 12.4 Å². The number of aromatic amines is 1. The van der Waals surface area contributed by atoms with Gasteiger partial charge in [-0.25, -0.2) is 18.0 Å². The van der Waals surface area contributed by atoms with Crippen LogP contribution in [0.2, 0.25) is 0 Å². The first-order chi connectivity index (χ1) is 8.53. The standard InChI is InChI=1S/C8H12N2O3S.H2O4S/c1-2-10-6-5-9-8(10)4-3-7-14(11,12)13;1-5(2,3)4/h2,5-6H,1,3-4,7H2,(H,11,12,13);(H2,1,2,3,4). The fourth-order valence-electron chi connectivity index (χ4n) is 1.17. The molecule has 0 spiro atoms. The van der Waals surface area contributed by atoms with Crippen LogP contribution in [0, 0.1) is 0 Å². The van der Waals surface area contributed by atoms with Crippen LogP contribution in [0.3, 0.4) is 0 Å². The highest BCUT2D eigenvalue weighted by molar-refractivity contribution is 7.85. The molecule has 1 aromatic rings. The second-order valence-corrected chi connectivity index (χ2v) is 5.74. The molecule has 110 valence electrons. The molecule has 1 heterocycles. The predicted octanol–water partition coefficient (Wildman–Crippen LogP) is -0.772. The van der Waals surface area contributed by atoms with Gasteiger partial charge in [0, 0.05) is 0 Å². The van der Waals surface area contributed by atoms with Gasteiger partial charge in [-0.05, 0) is 6.42 Å². The van der Waals surface area contributed by atoms with Crippen LogP contribution in [0.25, 0.3) is 6.20 Å². The first-order valence-electron chi connectivity index (χ1n) is 4.86. The van der Waals surface area contributed by atoms with Crippen molar-refractivity contribution in [3.8, 4) is 0 Å². The van der Waals surface area contributed by atoms with Crippen molar-refractivity contribution in [1.82, 2.24) is 4.98 Å². The van der Waals surface area contributed by atoms with E-state index in [2.05, 4.69) is 11.6 Å². The Labute approximate surface area is 110 Å². The van der Waals surface area contributed by atoms with E-state index in [9.17, 15) is 8.42 Å². The highest BCUT2D eigenvalue weighted by atomic mass is 32.3. The summed E-state index contributed by atoms with van der Waals surface area (Å²) in [6.07, 6.45) is 6.09. The van der Waals surface area contributed by atoms with Gasteiger partial charge in [0.05, 0.1) is 18.4 Å². The minimum atomic E-state index is -4.92. The van der Waals surface area contributed by atoms with Crippen molar-refractivity contribution in [2.24, 2.45) is 0 Å². The maximum atomic E-state index is 10.4. The van der Waals surface area contributed by atoms with Gasteiger partial charge in [0.15, 0.2) is 0 Å². The minimum absolute atomic E-state index is 0.219. The molecular weight excluding hydrogens is 300 g/mol. The molecule has 0 amide bonds. The van der Waals surface area contributed by atoms with E-state index in [1.807, 2.05) is 0 Å². The third-order valence-corrected chi connectivity index (χ3v) is 2.61.